The highest BCUT2D eigenvalue weighted by Crippen LogP contribution is 2.60. The number of halogens is 1. The number of guanidine groups is 1. The van der Waals surface area contributed by atoms with E-state index >= 15 is 0 Å². The third kappa shape index (κ3) is 4.25. The van der Waals surface area contributed by atoms with Crippen LogP contribution >= 0.6 is 24.0 Å². The Balaban J connectivity index is 0.00000210. The molecule has 0 radical (unpaired) electrons. The molecule has 1 saturated carbocycles. The van der Waals surface area contributed by atoms with Gasteiger partial charge in [0.25, 0.3) is 0 Å². The summed E-state index contributed by atoms with van der Waals surface area (Å²) >= 11 is 0. The fourth-order valence-electron chi connectivity index (χ4n) is 5.02. The van der Waals surface area contributed by atoms with Crippen molar-refractivity contribution in [3.63, 3.8) is 0 Å². The molecular weight excluding hydrogens is 451 g/mol. The molecule has 5 nitrogen and oxygen atoms in total. The van der Waals surface area contributed by atoms with Crippen molar-refractivity contribution in [1.82, 2.24) is 15.5 Å². The van der Waals surface area contributed by atoms with Crippen LogP contribution in [0, 0.1) is 17.8 Å². The smallest absolute Gasteiger partial charge is 0.220 e. The average Bonchev–Trinajstić information content (AvgIpc) is 3.21. The number of fused-ring (bicyclic) bond motifs is 3. The van der Waals surface area contributed by atoms with Crippen LogP contribution in [-0.2, 0) is 11.2 Å². The maximum absolute atomic E-state index is 11.6. The Morgan fingerprint density at radius 3 is 2.70 bits per heavy atom. The number of likely N-dealkylation sites (tertiary alicyclic amines) is 1. The summed E-state index contributed by atoms with van der Waals surface area (Å²) < 4.78 is 0. The third-order valence-electron chi connectivity index (χ3n) is 6.58. The summed E-state index contributed by atoms with van der Waals surface area (Å²) in [6, 6.07) is 8.93. The average molecular weight is 482 g/mol. The second-order valence-corrected chi connectivity index (χ2v) is 7.99. The molecule has 3 unspecified atom stereocenters. The molecule has 2 N–H and O–H groups in total. The molecule has 3 aliphatic rings. The molecule has 2 aliphatic carbocycles. The molecular formula is C21H31IN4O. The summed E-state index contributed by atoms with van der Waals surface area (Å²) in [5, 5.41) is 6.36. The molecule has 1 heterocycles. The normalized spacial score (nSPS) is 26.7. The summed E-state index contributed by atoms with van der Waals surface area (Å²) in [6.45, 7) is 3.00. The standard InChI is InChI=1S/C21H30N4O.HI/c1-22-19(26)11-14-7-9-25(10-8-14)21(23-2)24-13-18-17-12-15-5-3-4-6-16(15)20(17)18;/h3-6,14,17-18,20H,7-13H2,1-2H3,(H,22,26)(H,23,24);1H. The number of carbonyl (C=O) groups excluding carboxylic acids is 1. The molecule has 1 aromatic carbocycles. The molecule has 148 valence electrons. The molecule has 0 bridgehead atoms. The Hall–Kier alpha value is -1.31. The largest absolute Gasteiger partial charge is 0.359 e. The molecule has 1 aromatic rings. The molecule has 6 heteroatoms. The van der Waals surface area contributed by atoms with Crippen molar-refractivity contribution >= 4 is 35.8 Å². The van der Waals surface area contributed by atoms with Gasteiger partial charge in [0.2, 0.25) is 5.91 Å². The topological polar surface area (TPSA) is 56.7 Å². The molecule has 2 fully saturated rings. The zero-order valence-corrected chi connectivity index (χ0v) is 18.6. The first-order valence-corrected chi connectivity index (χ1v) is 9.95. The number of hydrogen-bond acceptors (Lipinski definition) is 2. The molecule has 1 saturated heterocycles. The number of rotatable bonds is 4. The van der Waals surface area contributed by atoms with Crippen molar-refractivity contribution in [2.45, 2.75) is 31.6 Å². The van der Waals surface area contributed by atoms with Gasteiger partial charge in [-0.1, -0.05) is 24.3 Å². The van der Waals surface area contributed by atoms with Crippen LogP contribution in [0.2, 0.25) is 0 Å². The summed E-state index contributed by atoms with van der Waals surface area (Å²) in [4.78, 5) is 18.4. The van der Waals surface area contributed by atoms with E-state index in [1.54, 1.807) is 18.2 Å². The lowest BCUT2D eigenvalue weighted by Crippen LogP contribution is -2.46. The van der Waals surface area contributed by atoms with Crippen molar-refractivity contribution < 1.29 is 4.79 Å². The minimum absolute atomic E-state index is 0. The van der Waals surface area contributed by atoms with Gasteiger partial charge in [-0.25, -0.2) is 0 Å². The predicted octanol–water partition coefficient (Wildman–Crippen LogP) is 2.61. The van der Waals surface area contributed by atoms with E-state index in [1.807, 2.05) is 7.05 Å². The first-order chi connectivity index (χ1) is 12.7. The second kappa shape index (κ2) is 8.80. The Morgan fingerprint density at radius 1 is 1.26 bits per heavy atom. The monoisotopic (exact) mass is 482 g/mol. The van der Waals surface area contributed by atoms with Crippen molar-refractivity contribution in [3.8, 4) is 0 Å². The molecule has 1 aliphatic heterocycles. The number of amides is 1. The first-order valence-electron chi connectivity index (χ1n) is 9.95. The van der Waals surface area contributed by atoms with Crippen LogP contribution < -0.4 is 10.6 Å². The lowest BCUT2D eigenvalue weighted by molar-refractivity contribution is -0.121. The zero-order valence-electron chi connectivity index (χ0n) is 16.3. The van der Waals surface area contributed by atoms with Crippen LogP contribution in [0.4, 0.5) is 0 Å². The van der Waals surface area contributed by atoms with Gasteiger partial charge in [-0.15, -0.1) is 24.0 Å². The fourth-order valence-corrected chi connectivity index (χ4v) is 5.02. The van der Waals surface area contributed by atoms with Gasteiger partial charge in [-0.2, -0.15) is 0 Å². The Kier molecular flexibility index (Phi) is 6.65. The quantitative estimate of drug-likeness (QED) is 0.394. The van der Waals surface area contributed by atoms with E-state index in [4.69, 9.17) is 0 Å². The van der Waals surface area contributed by atoms with E-state index in [0.717, 1.165) is 56.2 Å². The highest BCUT2D eigenvalue weighted by atomic mass is 127. The van der Waals surface area contributed by atoms with Crippen LogP contribution in [0.15, 0.2) is 29.3 Å². The predicted molar refractivity (Wildman–Crippen MR) is 120 cm³/mol. The molecule has 4 rings (SSSR count). The summed E-state index contributed by atoms with van der Waals surface area (Å²) in [5.41, 5.74) is 3.13. The lowest BCUT2D eigenvalue weighted by Gasteiger charge is -2.34. The van der Waals surface area contributed by atoms with Gasteiger partial charge in [0, 0.05) is 40.2 Å². The van der Waals surface area contributed by atoms with E-state index in [2.05, 4.69) is 44.8 Å². The van der Waals surface area contributed by atoms with E-state index in [1.165, 1.54) is 6.42 Å². The molecule has 27 heavy (non-hydrogen) atoms. The van der Waals surface area contributed by atoms with Crippen molar-refractivity contribution in [2.75, 3.05) is 33.7 Å². The van der Waals surface area contributed by atoms with Crippen LogP contribution in [0.5, 0.6) is 0 Å². The summed E-state index contributed by atoms with van der Waals surface area (Å²) in [7, 11) is 3.59. The number of nitrogens with one attached hydrogen (secondary N) is 2. The molecule has 3 atom stereocenters. The molecule has 0 spiro atoms. The van der Waals surface area contributed by atoms with Gasteiger partial charge >= 0.3 is 0 Å². The van der Waals surface area contributed by atoms with Crippen LogP contribution in [-0.4, -0.2) is 50.5 Å². The number of hydrogen-bond donors (Lipinski definition) is 2. The van der Waals surface area contributed by atoms with Gasteiger partial charge in [0.05, 0.1) is 0 Å². The minimum Gasteiger partial charge on any atom is -0.359 e. The minimum atomic E-state index is 0. The van der Waals surface area contributed by atoms with Gasteiger partial charge in [-0.05, 0) is 54.1 Å². The zero-order chi connectivity index (χ0) is 18.1. The van der Waals surface area contributed by atoms with Crippen molar-refractivity contribution in [2.24, 2.45) is 22.7 Å². The number of carbonyl (C=O) groups is 1. The lowest BCUT2D eigenvalue weighted by atomic mass is 9.93. The van der Waals surface area contributed by atoms with E-state index in [0.29, 0.717) is 12.3 Å². The van der Waals surface area contributed by atoms with E-state index in [-0.39, 0.29) is 29.9 Å². The van der Waals surface area contributed by atoms with Crippen molar-refractivity contribution in [3.05, 3.63) is 35.4 Å². The molecule has 1 amide bonds. The highest BCUT2D eigenvalue weighted by Gasteiger charge is 2.55. The number of aliphatic imine (C=N–C) groups is 1. The fraction of sp³-hybridized carbons (Fsp3) is 0.619. The van der Waals surface area contributed by atoms with Crippen molar-refractivity contribution in [1.29, 1.82) is 0 Å². The number of piperidine rings is 1. The first kappa shape index (κ1) is 20.4. The number of benzene rings is 1. The Labute approximate surface area is 179 Å². The molecule has 0 aromatic heterocycles. The van der Waals surface area contributed by atoms with E-state index in [9.17, 15) is 4.79 Å². The van der Waals surface area contributed by atoms with E-state index < -0.39 is 0 Å². The van der Waals surface area contributed by atoms with Crippen LogP contribution in [0.3, 0.4) is 0 Å². The maximum atomic E-state index is 11.6. The maximum Gasteiger partial charge on any atom is 0.220 e. The Morgan fingerprint density at radius 2 is 2.00 bits per heavy atom. The van der Waals surface area contributed by atoms with Gasteiger partial charge in [-0.3, -0.25) is 9.79 Å². The van der Waals surface area contributed by atoms with Gasteiger partial charge < -0.3 is 15.5 Å². The number of nitrogens with zero attached hydrogens (tertiary/aromatic N) is 2. The SMILES string of the molecule is CN=C(NCC1C2Cc3ccccc3C12)N1CCC(CC(=O)NC)CC1.I. The third-order valence-corrected chi connectivity index (χ3v) is 6.58. The van der Waals surface area contributed by atoms with Crippen LogP contribution in [0.25, 0.3) is 0 Å². The van der Waals surface area contributed by atoms with Crippen LogP contribution in [0.1, 0.15) is 36.3 Å². The van der Waals surface area contributed by atoms with Gasteiger partial charge in [0.1, 0.15) is 0 Å². The summed E-state index contributed by atoms with van der Waals surface area (Å²) in [5.74, 6) is 4.04. The highest BCUT2D eigenvalue weighted by molar-refractivity contribution is 14.0. The van der Waals surface area contributed by atoms with Gasteiger partial charge in [0.15, 0.2) is 5.96 Å². The summed E-state index contributed by atoms with van der Waals surface area (Å²) in [6.07, 6.45) is 4.03. The Bertz CT molecular complexity index is 699. The second-order valence-electron chi connectivity index (χ2n) is 7.99.